The Morgan fingerprint density at radius 3 is 2.59 bits per heavy atom. The summed E-state index contributed by atoms with van der Waals surface area (Å²) < 4.78 is 39.9. The molecule has 1 fully saturated rings. The molecule has 1 aliphatic rings. The van der Waals surface area contributed by atoms with Gasteiger partial charge in [-0.15, -0.1) is 0 Å². The molecule has 2 N–H and O–H groups in total. The van der Waals surface area contributed by atoms with Gasteiger partial charge < -0.3 is 15.3 Å². The van der Waals surface area contributed by atoms with E-state index >= 15 is 0 Å². The van der Waals surface area contributed by atoms with Crippen LogP contribution in [-0.4, -0.2) is 47.2 Å². The van der Waals surface area contributed by atoms with Crippen LogP contribution in [0.25, 0.3) is 11.3 Å². The predicted octanol–water partition coefficient (Wildman–Crippen LogP) is 2.48. The maximum atomic E-state index is 13.3. The fraction of sp³-hybridized carbons (Fsp3) is 0.389. The summed E-state index contributed by atoms with van der Waals surface area (Å²) in [4.78, 5) is 21.8. The van der Waals surface area contributed by atoms with Crippen molar-refractivity contribution in [2.75, 3.05) is 31.1 Å². The number of alkyl halides is 3. The van der Waals surface area contributed by atoms with Crippen LogP contribution in [0.15, 0.2) is 30.3 Å². The monoisotopic (exact) mass is 380 g/mol. The highest BCUT2D eigenvalue weighted by Gasteiger charge is 2.34. The third-order valence-corrected chi connectivity index (χ3v) is 4.21. The molecule has 0 aliphatic carbocycles. The van der Waals surface area contributed by atoms with E-state index in [1.54, 1.807) is 23.1 Å². The minimum atomic E-state index is -4.59. The van der Waals surface area contributed by atoms with E-state index in [0.29, 0.717) is 18.7 Å². The first-order chi connectivity index (χ1) is 12.9. The van der Waals surface area contributed by atoms with Crippen LogP contribution in [0.1, 0.15) is 28.9 Å². The van der Waals surface area contributed by atoms with Crippen LogP contribution in [0.4, 0.5) is 19.1 Å². The Kier molecular flexibility index (Phi) is 5.59. The number of aromatic nitrogens is 2. The average molecular weight is 380 g/mol. The van der Waals surface area contributed by atoms with Gasteiger partial charge in [0.1, 0.15) is 0 Å². The average Bonchev–Trinajstić information content (AvgIpc) is 3.20. The van der Waals surface area contributed by atoms with Crippen LogP contribution in [0.2, 0.25) is 0 Å². The molecular formula is C18H19F3N4O2. The first-order valence-corrected chi connectivity index (χ1v) is 8.59. The van der Waals surface area contributed by atoms with Gasteiger partial charge in [-0.3, -0.25) is 4.79 Å². The molecule has 6 nitrogen and oxygen atoms in total. The number of nitrogens with zero attached hydrogens (tertiary/aromatic N) is 3. The van der Waals surface area contributed by atoms with E-state index in [1.165, 1.54) is 6.07 Å². The smallest absolute Gasteiger partial charge is 0.395 e. The van der Waals surface area contributed by atoms with Gasteiger partial charge in [0.15, 0.2) is 5.69 Å². The van der Waals surface area contributed by atoms with Gasteiger partial charge in [0, 0.05) is 30.8 Å². The van der Waals surface area contributed by atoms with Gasteiger partial charge >= 0.3 is 6.18 Å². The molecule has 2 heterocycles. The Labute approximate surface area is 154 Å². The molecule has 27 heavy (non-hydrogen) atoms. The normalized spacial score (nSPS) is 14.4. The fourth-order valence-electron chi connectivity index (χ4n) is 2.88. The number of aliphatic hydroxyl groups is 1. The third kappa shape index (κ3) is 4.54. The number of aliphatic hydroxyl groups excluding tert-OH is 1. The third-order valence-electron chi connectivity index (χ3n) is 4.21. The predicted molar refractivity (Wildman–Crippen MR) is 93.3 cm³/mol. The lowest BCUT2D eigenvalue weighted by Gasteiger charge is -2.18. The van der Waals surface area contributed by atoms with Crippen molar-refractivity contribution in [2.24, 2.45) is 0 Å². The van der Waals surface area contributed by atoms with Crippen molar-refractivity contribution in [3.05, 3.63) is 41.6 Å². The van der Waals surface area contributed by atoms with Gasteiger partial charge in [0.05, 0.1) is 12.3 Å². The molecule has 1 amide bonds. The highest BCUT2D eigenvalue weighted by molar-refractivity contribution is 5.95. The lowest BCUT2D eigenvalue weighted by Crippen LogP contribution is -2.26. The van der Waals surface area contributed by atoms with Crippen molar-refractivity contribution in [3.8, 4) is 11.3 Å². The minimum absolute atomic E-state index is 0.0486. The second-order valence-corrected chi connectivity index (χ2v) is 6.19. The van der Waals surface area contributed by atoms with E-state index in [9.17, 15) is 18.0 Å². The van der Waals surface area contributed by atoms with E-state index in [1.807, 2.05) is 0 Å². The summed E-state index contributed by atoms with van der Waals surface area (Å²) in [7, 11) is 0. The van der Waals surface area contributed by atoms with E-state index in [4.69, 9.17) is 5.11 Å². The molecule has 1 aliphatic heterocycles. The number of carbonyl (C=O) groups is 1. The molecule has 0 atom stereocenters. The number of halogens is 3. The second-order valence-electron chi connectivity index (χ2n) is 6.19. The molecular weight excluding hydrogens is 361 g/mol. The van der Waals surface area contributed by atoms with Crippen LogP contribution in [0, 0.1) is 0 Å². The van der Waals surface area contributed by atoms with Crippen LogP contribution >= 0.6 is 0 Å². The number of carbonyl (C=O) groups excluding carboxylic acids is 1. The Balaban J connectivity index is 2.00. The zero-order chi connectivity index (χ0) is 19.4. The summed E-state index contributed by atoms with van der Waals surface area (Å²) in [5, 5.41) is 11.3. The molecule has 1 saturated heterocycles. The zero-order valence-corrected chi connectivity index (χ0v) is 14.5. The van der Waals surface area contributed by atoms with Gasteiger partial charge in [-0.25, -0.2) is 9.97 Å². The van der Waals surface area contributed by atoms with Crippen LogP contribution in [0.5, 0.6) is 0 Å². The lowest BCUT2D eigenvalue weighted by molar-refractivity contribution is -0.141. The Bertz CT molecular complexity index is 820. The maximum Gasteiger partial charge on any atom is 0.433 e. The lowest BCUT2D eigenvalue weighted by atomic mass is 10.1. The molecule has 0 spiro atoms. The Morgan fingerprint density at radius 1 is 1.19 bits per heavy atom. The Hall–Kier alpha value is -2.68. The molecule has 0 radical (unpaired) electrons. The van der Waals surface area contributed by atoms with E-state index < -0.39 is 17.8 Å². The first-order valence-electron chi connectivity index (χ1n) is 8.59. The number of rotatable bonds is 5. The molecule has 3 rings (SSSR count). The number of hydrogen-bond donors (Lipinski definition) is 2. The number of nitrogens with one attached hydrogen (secondary N) is 1. The molecule has 1 aromatic heterocycles. The molecule has 144 valence electrons. The largest absolute Gasteiger partial charge is 0.433 e. The number of benzene rings is 1. The number of amides is 1. The highest BCUT2D eigenvalue weighted by Crippen LogP contribution is 2.32. The summed E-state index contributed by atoms with van der Waals surface area (Å²) in [5.41, 5.74) is -0.239. The van der Waals surface area contributed by atoms with Gasteiger partial charge in [-0.05, 0) is 31.0 Å². The molecule has 0 unspecified atom stereocenters. The van der Waals surface area contributed by atoms with Gasteiger partial charge in [-0.2, -0.15) is 13.2 Å². The number of hydrogen-bond acceptors (Lipinski definition) is 5. The maximum absolute atomic E-state index is 13.3. The zero-order valence-electron chi connectivity index (χ0n) is 14.5. The molecule has 1 aromatic carbocycles. The molecule has 0 bridgehead atoms. The first kappa shape index (κ1) is 19.1. The van der Waals surface area contributed by atoms with Crippen molar-refractivity contribution < 1.29 is 23.1 Å². The van der Waals surface area contributed by atoms with Gasteiger partial charge in [0.2, 0.25) is 5.95 Å². The standard InChI is InChI=1S/C18H19F3N4O2/c19-18(20,21)15-11-14(23-17(24-15)25-7-1-2-8-25)12-4-3-5-13(10-12)16(27)22-6-9-26/h3-5,10-11,26H,1-2,6-9H2,(H,22,27). The van der Waals surface area contributed by atoms with E-state index in [-0.39, 0.29) is 30.4 Å². The van der Waals surface area contributed by atoms with Crippen molar-refractivity contribution >= 4 is 11.9 Å². The van der Waals surface area contributed by atoms with Crippen molar-refractivity contribution in [1.29, 1.82) is 0 Å². The summed E-state index contributed by atoms with van der Waals surface area (Å²) in [5.74, 6) is -0.372. The topological polar surface area (TPSA) is 78.3 Å². The minimum Gasteiger partial charge on any atom is -0.395 e. The molecule has 0 saturated carbocycles. The van der Waals surface area contributed by atoms with Crippen molar-refractivity contribution in [2.45, 2.75) is 19.0 Å². The van der Waals surface area contributed by atoms with E-state index in [2.05, 4.69) is 15.3 Å². The van der Waals surface area contributed by atoms with Crippen LogP contribution in [-0.2, 0) is 6.18 Å². The van der Waals surface area contributed by atoms with Crippen LogP contribution in [0.3, 0.4) is 0 Å². The van der Waals surface area contributed by atoms with Crippen molar-refractivity contribution in [3.63, 3.8) is 0 Å². The summed E-state index contributed by atoms with van der Waals surface area (Å²) in [6.45, 7) is 1.12. The molecule has 9 heteroatoms. The van der Waals surface area contributed by atoms with Crippen molar-refractivity contribution in [1.82, 2.24) is 15.3 Å². The van der Waals surface area contributed by atoms with E-state index in [0.717, 1.165) is 18.9 Å². The summed E-state index contributed by atoms with van der Waals surface area (Å²) >= 11 is 0. The van der Waals surface area contributed by atoms with Crippen LogP contribution < -0.4 is 10.2 Å². The van der Waals surface area contributed by atoms with Gasteiger partial charge in [0.25, 0.3) is 5.91 Å². The number of anilines is 1. The summed E-state index contributed by atoms with van der Waals surface area (Å²) in [6, 6.07) is 7.09. The van der Waals surface area contributed by atoms with Gasteiger partial charge in [-0.1, -0.05) is 12.1 Å². The Morgan fingerprint density at radius 2 is 1.93 bits per heavy atom. The summed E-state index contributed by atoms with van der Waals surface area (Å²) in [6.07, 6.45) is -2.83. The second kappa shape index (κ2) is 7.91. The quantitative estimate of drug-likeness (QED) is 0.833. The highest BCUT2D eigenvalue weighted by atomic mass is 19.4. The SMILES string of the molecule is O=C(NCCO)c1cccc(-c2cc(C(F)(F)F)nc(N3CCCC3)n2)c1. The fourth-order valence-corrected chi connectivity index (χ4v) is 2.88. The molecule has 2 aromatic rings.